The fourth-order valence-electron chi connectivity index (χ4n) is 1.65. The molecule has 0 aliphatic rings. The lowest BCUT2D eigenvalue weighted by Crippen LogP contribution is -2.33. The first-order chi connectivity index (χ1) is 9.70. The zero-order chi connectivity index (χ0) is 16.1. The summed E-state index contributed by atoms with van der Waals surface area (Å²) in [6.07, 6.45) is -3.93. The van der Waals surface area contributed by atoms with E-state index in [0.29, 0.717) is 19.2 Å². The summed E-state index contributed by atoms with van der Waals surface area (Å²) in [5.41, 5.74) is -1.27. The quantitative estimate of drug-likeness (QED) is 0.714. The molecule has 10 heteroatoms. The molecule has 1 rings (SSSR count). The molecular weight excluding hydrogens is 364 g/mol. The van der Waals surface area contributed by atoms with Crippen molar-refractivity contribution < 1.29 is 21.6 Å². The summed E-state index contributed by atoms with van der Waals surface area (Å²) in [6, 6.07) is 2.86. The van der Waals surface area contributed by atoms with Crippen LogP contribution in [-0.4, -0.2) is 28.1 Å². The minimum Gasteiger partial charge on any atom is -0.315 e. The molecule has 0 spiro atoms. The Morgan fingerprint density at radius 1 is 1.18 bits per heavy atom. The molecular formula is C12H17Cl2F3N2O2S. The summed E-state index contributed by atoms with van der Waals surface area (Å²) in [7, 11) is -4.33. The van der Waals surface area contributed by atoms with E-state index >= 15 is 0 Å². The molecule has 0 fully saturated rings. The normalized spacial score (nSPS) is 12.0. The highest BCUT2D eigenvalue weighted by molar-refractivity contribution is 7.89. The molecule has 1 aromatic rings. The molecule has 0 radical (unpaired) electrons. The Kier molecular flexibility index (Phi) is 8.71. The average molecular weight is 381 g/mol. The summed E-state index contributed by atoms with van der Waals surface area (Å²) in [5.74, 6) is 0. The van der Waals surface area contributed by atoms with Gasteiger partial charge in [-0.2, -0.15) is 13.2 Å². The van der Waals surface area contributed by atoms with Gasteiger partial charge < -0.3 is 5.32 Å². The number of alkyl halides is 3. The Labute approximate surface area is 138 Å². The van der Waals surface area contributed by atoms with Crippen LogP contribution in [0.1, 0.15) is 18.9 Å². The number of hydrogen-bond acceptors (Lipinski definition) is 3. The fraction of sp³-hybridized carbons (Fsp3) is 0.500. The van der Waals surface area contributed by atoms with Gasteiger partial charge in [0, 0.05) is 13.1 Å². The second kappa shape index (κ2) is 8.93. The van der Waals surface area contributed by atoms with E-state index in [9.17, 15) is 21.6 Å². The van der Waals surface area contributed by atoms with Crippen LogP contribution in [0.3, 0.4) is 0 Å². The first-order valence-electron chi connectivity index (χ1n) is 6.26. The Balaban J connectivity index is 0.00000441. The summed E-state index contributed by atoms with van der Waals surface area (Å²) in [4.78, 5) is -0.936. The molecule has 0 unspecified atom stereocenters. The van der Waals surface area contributed by atoms with Gasteiger partial charge in [0.2, 0.25) is 10.0 Å². The molecule has 0 saturated heterocycles. The highest BCUT2D eigenvalue weighted by Crippen LogP contribution is 2.37. The first kappa shape index (κ1) is 21.5. The number of rotatable bonds is 7. The molecule has 22 heavy (non-hydrogen) atoms. The molecule has 0 aromatic heterocycles. The van der Waals surface area contributed by atoms with E-state index in [0.717, 1.165) is 18.6 Å². The van der Waals surface area contributed by atoms with Crippen molar-refractivity contribution in [2.45, 2.75) is 24.4 Å². The summed E-state index contributed by atoms with van der Waals surface area (Å²) in [5, 5.41) is 2.48. The highest BCUT2D eigenvalue weighted by Gasteiger charge is 2.38. The van der Waals surface area contributed by atoms with Gasteiger partial charge in [0.15, 0.2) is 0 Å². The van der Waals surface area contributed by atoms with Crippen molar-refractivity contribution in [1.82, 2.24) is 10.0 Å². The standard InChI is InChI=1S/C12H16ClF3N2O2S.ClH/c1-2-6-17-7-8-18-21(19,20)11-9(12(14,15)16)4-3-5-10(11)13;/h3-5,17-18H,2,6-8H2,1H3;1H. The molecule has 0 bridgehead atoms. The number of sulfonamides is 1. The number of hydrogen-bond donors (Lipinski definition) is 2. The average Bonchev–Trinajstić information content (AvgIpc) is 2.36. The maximum absolute atomic E-state index is 12.9. The predicted octanol–water partition coefficient (Wildman–Crippen LogP) is 3.06. The van der Waals surface area contributed by atoms with Crippen LogP contribution in [0.25, 0.3) is 0 Å². The van der Waals surface area contributed by atoms with Crippen LogP contribution in [0.4, 0.5) is 13.2 Å². The van der Waals surface area contributed by atoms with Crippen molar-refractivity contribution in [3.05, 3.63) is 28.8 Å². The summed E-state index contributed by atoms with van der Waals surface area (Å²) >= 11 is 5.65. The van der Waals surface area contributed by atoms with E-state index in [1.54, 1.807) is 0 Å². The largest absolute Gasteiger partial charge is 0.417 e. The minimum absolute atomic E-state index is 0. The van der Waals surface area contributed by atoms with Gasteiger partial charge in [0.25, 0.3) is 0 Å². The highest BCUT2D eigenvalue weighted by atomic mass is 35.5. The predicted molar refractivity (Wildman–Crippen MR) is 82.1 cm³/mol. The Bertz CT molecular complexity index is 580. The lowest BCUT2D eigenvalue weighted by atomic mass is 10.2. The van der Waals surface area contributed by atoms with Crippen molar-refractivity contribution in [2.75, 3.05) is 19.6 Å². The third-order valence-corrected chi connectivity index (χ3v) is 4.55. The minimum atomic E-state index is -4.80. The second-order valence-corrected chi connectivity index (χ2v) is 6.37. The molecule has 128 valence electrons. The van der Waals surface area contributed by atoms with Gasteiger partial charge in [-0.05, 0) is 25.1 Å². The van der Waals surface area contributed by atoms with Crippen LogP contribution in [0.5, 0.6) is 0 Å². The molecule has 0 atom stereocenters. The summed E-state index contributed by atoms with van der Waals surface area (Å²) < 4.78 is 64.8. The SMILES string of the molecule is CCCNCCNS(=O)(=O)c1c(Cl)cccc1C(F)(F)F.Cl. The second-order valence-electron chi connectivity index (χ2n) is 4.26. The van der Waals surface area contributed by atoms with Crippen molar-refractivity contribution >= 4 is 34.0 Å². The number of halogens is 5. The smallest absolute Gasteiger partial charge is 0.315 e. The number of benzene rings is 1. The molecule has 0 aliphatic heterocycles. The van der Waals surface area contributed by atoms with Crippen molar-refractivity contribution in [3.8, 4) is 0 Å². The monoisotopic (exact) mass is 380 g/mol. The molecule has 0 amide bonds. The molecule has 0 saturated carbocycles. The Morgan fingerprint density at radius 3 is 2.36 bits per heavy atom. The zero-order valence-corrected chi connectivity index (χ0v) is 14.1. The molecule has 0 heterocycles. The van der Waals surface area contributed by atoms with E-state index < -0.39 is 31.7 Å². The van der Waals surface area contributed by atoms with Crippen molar-refractivity contribution in [3.63, 3.8) is 0 Å². The van der Waals surface area contributed by atoms with E-state index in [-0.39, 0.29) is 19.0 Å². The summed E-state index contributed by atoms with van der Waals surface area (Å²) in [6.45, 7) is 2.93. The van der Waals surface area contributed by atoms with Gasteiger partial charge in [-0.3, -0.25) is 0 Å². The number of nitrogens with one attached hydrogen (secondary N) is 2. The zero-order valence-electron chi connectivity index (χ0n) is 11.7. The Hall–Kier alpha value is -0.540. The van der Waals surface area contributed by atoms with E-state index in [1.165, 1.54) is 0 Å². The van der Waals surface area contributed by atoms with Gasteiger partial charge in [-0.1, -0.05) is 24.6 Å². The third-order valence-electron chi connectivity index (χ3n) is 2.56. The Morgan fingerprint density at radius 2 is 1.82 bits per heavy atom. The van der Waals surface area contributed by atoms with Gasteiger partial charge in [0.1, 0.15) is 4.90 Å². The van der Waals surface area contributed by atoms with Crippen LogP contribution in [0.2, 0.25) is 5.02 Å². The lowest BCUT2D eigenvalue weighted by Gasteiger charge is -2.15. The van der Waals surface area contributed by atoms with Gasteiger partial charge >= 0.3 is 6.18 Å². The maximum atomic E-state index is 12.9. The third kappa shape index (κ3) is 5.92. The van der Waals surface area contributed by atoms with Gasteiger partial charge in [-0.15, -0.1) is 12.4 Å². The van der Waals surface area contributed by atoms with E-state index in [1.807, 2.05) is 6.92 Å². The molecule has 1 aromatic carbocycles. The van der Waals surface area contributed by atoms with Crippen molar-refractivity contribution in [1.29, 1.82) is 0 Å². The van der Waals surface area contributed by atoms with Crippen molar-refractivity contribution in [2.24, 2.45) is 0 Å². The van der Waals surface area contributed by atoms with Crippen LogP contribution in [-0.2, 0) is 16.2 Å². The van der Waals surface area contributed by atoms with Gasteiger partial charge in [-0.25, -0.2) is 13.1 Å². The fourth-order valence-corrected chi connectivity index (χ4v) is 3.45. The van der Waals surface area contributed by atoms with E-state index in [2.05, 4.69) is 10.0 Å². The van der Waals surface area contributed by atoms with Gasteiger partial charge in [0.05, 0.1) is 10.6 Å². The van der Waals surface area contributed by atoms with Crippen LogP contribution < -0.4 is 10.0 Å². The molecule has 4 nitrogen and oxygen atoms in total. The lowest BCUT2D eigenvalue weighted by molar-refractivity contribution is -0.139. The van der Waals surface area contributed by atoms with E-state index in [4.69, 9.17) is 11.6 Å². The molecule has 2 N–H and O–H groups in total. The van der Waals surface area contributed by atoms with Crippen LogP contribution in [0.15, 0.2) is 23.1 Å². The van der Waals surface area contributed by atoms with Crippen LogP contribution >= 0.6 is 24.0 Å². The maximum Gasteiger partial charge on any atom is 0.417 e. The topological polar surface area (TPSA) is 58.2 Å². The van der Waals surface area contributed by atoms with Crippen LogP contribution in [0, 0.1) is 0 Å². The molecule has 0 aliphatic carbocycles. The first-order valence-corrected chi connectivity index (χ1v) is 8.12.